The van der Waals surface area contributed by atoms with E-state index < -0.39 is 0 Å². The number of methoxy groups -OCH3 is 1. The maximum Gasteiger partial charge on any atom is 0.144 e. The van der Waals surface area contributed by atoms with Crippen LogP contribution in [0.1, 0.15) is 0 Å². The van der Waals surface area contributed by atoms with E-state index in [1.807, 2.05) is 53.2 Å². The summed E-state index contributed by atoms with van der Waals surface area (Å²) in [6.07, 6.45) is 1.80. The van der Waals surface area contributed by atoms with Gasteiger partial charge in [-0.05, 0) is 18.2 Å². The van der Waals surface area contributed by atoms with Gasteiger partial charge >= 0.3 is 0 Å². The summed E-state index contributed by atoms with van der Waals surface area (Å²) < 4.78 is 7.30. The van der Waals surface area contributed by atoms with Crippen LogP contribution >= 0.6 is 0 Å². The van der Waals surface area contributed by atoms with Crippen molar-refractivity contribution in [2.45, 2.75) is 0 Å². The first-order valence-corrected chi connectivity index (χ1v) is 6.13. The molecule has 0 saturated carbocycles. The van der Waals surface area contributed by atoms with Crippen molar-refractivity contribution in [3.8, 4) is 22.7 Å². The van der Waals surface area contributed by atoms with Crippen molar-refractivity contribution in [3.63, 3.8) is 0 Å². The Morgan fingerprint density at radius 1 is 0.895 bits per heavy atom. The molecule has 1 heterocycles. The van der Waals surface area contributed by atoms with Gasteiger partial charge in [0.1, 0.15) is 11.4 Å². The van der Waals surface area contributed by atoms with Gasteiger partial charge in [-0.3, -0.25) is 0 Å². The first kappa shape index (κ1) is 11.5. The van der Waals surface area contributed by atoms with E-state index in [2.05, 4.69) is 17.2 Å². The molecule has 0 saturated heterocycles. The topological polar surface area (TPSA) is 27.1 Å². The maximum atomic E-state index is 5.40. The Labute approximate surface area is 112 Å². The molecule has 94 valence electrons. The third-order valence-electron chi connectivity index (χ3n) is 3.03. The molecule has 0 amide bonds. The minimum atomic E-state index is 0.809. The van der Waals surface area contributed by atoms with E-state index in [4.69, 9.17) is 4.74 Å². The predicted octanol–water partition coefficient (Wildman–Crippen LogP) is 3.55. The van der Waals surface area contributed by atoms with Crippen molar-refractivity contribution in [3.05, 3.63) is 66.9 Å². The lowest BCUT2D eigenvalue weighted by Crippen LogP contribution is -2.01. The van der Waals surface area contributed by atoms with Gasteiger partial charge in [-0.2, -0.15) is 5.10 Å². The van der Waals surface area contributed by atoms with E-state index >= 15 is 0 Å². The first-order chi connectivity index (χ1) is 9.40. The minimum absolute atomic E-state index is 0.809. The summed E-state index contributed by atoms with van der Waals surface area (Å²) in [5.74, 6) is 0.809. The van der Waals surface area contributed by atoms with Crippen LogP contribution in [0.5, 0.6) is 5.75 Å². The van der Waals surface area contributed by atoms with Crippen LogP contribution in [0, 0.1) is 0 Å². The van der Waals surface area contributed by atoms with Crippen molar-refractivity contribution < 1.29 is 4.74 Å². The van der Waals surface area contributed by atoms with Crippen molar-refractivity contribution in [2.24, 2.45) is 0 Å². The number of hydrogen-bond acceptors (Lipinski definition) is 2. The number of hydrogen-bond donors (Lipinski definition) is 0. The van der Waals surface area contributed by atoms with E-state index in [9.17, 15) is 0 Å². The molecule has 3 nitrogen and oxygen atoms in total. The van der Waals surface area contributed by atoms with Crippen molar-refractivity contribution in [2.75, 3.05) is 7.11 Å². The molecule has 3 rings (SSSR count). The van der Waals surface area contributed by atoms with Crippen molar-refractivity contribution in [1.82, 2.24) is 9.78 Å². The highest BCUT2D eigenvalue weighted by Gasteiger charge is 2.10. The Bertz CT molecular complexity index is 674. The number of ether oxygens (including phenoxy) is 1. The molecule has 3 aromatic rings. The fraction of sp³-hybridized carbons (Fsp3) is 0.0625. The highest BCUT2D eigenvalue weighted by atomic mass is 16.5. The normalized spacial score (nSPS) is 10.4. The molecule has 3 heteroatoms. The number of benzene rings is 2. The predicted molar refractivity (Wildman–Crippen MR) is 75.6 cm³/mol. The number of rotatable bonds is 3. The summed E-state index contributed by atoms with van der Waals surface area (Å²) in [7, 11) is 1.67. The van der Waals surface area contributed by atoms with Crippen LogP contribution < -0.4 is 4.74 Å². The van der Waals surface area contributed by atoms with E-state index in [1.54, 1.807) is 13.3 Å². The van der Waals surface area contributed by atoms with Crippen LogP contribution in [0.15, 0.2) is 66.9 Å². The van der Waals surface area contributed by atoms with Gasteiger partial charge in [-0.15, -0.1) is 0 Å². The molecule has 0 N–H and O–H groups in total. The van der Waals surface area contributed by atoms with E-state index in [-0.39, 0.29) is 0 Å². The lowest BCUT2D eigenvalue weighted by atomic mass is 10.1. The zero-order valence-electron chi connectivity index (χ0n) is 10.7. The molecule has 0 aliphatic heterocycles. The van der Waals surface area contributed by atoms with Crippen molar-refractivity contribution in [1.29, 1.82) is 0 Å². The standard InChI is InChI=1S/C16H14N2O/c1-19-16-10-6-5-9-15(16)18-14(11-12-17-18)13-7-3-2-4-8-13/h2-12H,1H3. The molecule has 0 atom stereocenters. The maximum absolute atomic E-state index is 5.40. The molecule has 0 radical (unpaired) electrons. The molecule has 1 aromatic heterocycles. The Kier molecular flexibility index (Phi) is 3.02. The van der Waals surface area contributed by atoms with Crippen molar-refractivity contribution >= 4 is 0 Å². The van der Waals surface area contributed by atoms with Crippen LogP contribution in [0.2, 0.25) is 0 Å². The van der Waals surface area contributed by atoms with E-state index in [1.165, 1.54) is 0 Å². The molecule has 0 unspecified atom stereocenters. The zero-order valence-corrected chi connectivity index (χ0v) is 10.7. The lowest BCUT2D eigenvalue weighted by Gasteiger charge is -2.11. The van der Waals surface area contributed by atoms with Crippen LogP contribution in [0.4, 0.5) is 0 Å². The number of para-hydroxylation sites is 2. The second-order valence-corrected chi connectivity index (χ2v) is 4.17. The Morgan fingerprint density at radius 2 is 1.63 bits per heavy atom. The Morgan fingerprint density at radius 3 is 2.42 bits per heavy atom. The molecule has 0 spiro atoms. The first-order valence-electron chi connectivity index (χ1n) is 6.13. The summed E-state index contributed by atoms with van der Waals surface area (Å²) in [6, 6.07) is 20.1. The van der Waals surface area contributed by atoms with Gasteiger partial charge in [0.15, 0.2) is 0 Å². The summed E-state index contributed by atoms with van der Waals surface area (Å²) in [5, 5.41) is 4.41. The van der Waals surface area contributed by atoms with Crippen LogP contribution in [-0.4, -0.2) is 16.9 Å². The monoisotopic (exact) mass is 250 g/mol. The molecular formula is C16H14N2O. The summed E-state index contributed by atoms with van der Waals surface area (Å²) in [6.45, 7) is 0. The second kappa shape index (κ2) is 4.98. The fourth-order valence-electron chi connectivity index (χ4n) is 2.13. The number of nitrogens with zero attached hydrogens (tertiary/aromatic N) is 2. The summed E-state index contributed by atoms with van der Waals surface area (Å²) in [5.41, 5.74) is 3.12. The second-order valence-electron chi connectivity index (χ2n) is 4.17. The zero-order chi connectivity index (χ0) is 13.1. The van der Waals surface area contributed by atoms with Gasteiger partial charge < -0.3 is 4.74 Å². The smallest absolute Gasteiger partial charge is 0.144 e. The molecule has 19 heavy (non-hydrogen) atoms. The quantitative estimate of drug-likeness (QED) is 0.710. The SMILES string of the molecule is COc1ccccc1-n1nccc1-c1ccccc1. The average molecular weight is 250 g/mol. The molecule has 0 aliphatic rings. The van der Waals surface area contributed by atoms with E-state index in [0.717, 1.165) is 22.7 Å². The van der Waals surface area contributed by atoms with Gasteiger partial charge in [0, 0.05) is 5.56 Å². The van der Waals surface area contributed by atoms with Gasteiger partial charge in [0.25, 0.3) is 0 Å². The Balaban J connectivity index is 2.15. The van der Waals surface area contributed by atoms with Crippen LogP contribution in [0.3, 0.4) is 0 Å². The van der Waals surface area contributed by atoms with Crippen LogP contribution in [-0.2, 0) is 0 Å². The fourth-order valence-corrected chi connectivity index (χ4v) is 2.13. The summed E-state index contributed by atoms with van der Waals surface area (Å²) in [4.78, 5) is 0. The van der Waals surface area contributed by atoms with Crippen LogP contribution in [0.25, 0.3) is 16.9 Å². The third kappa shape index (κ3) is 2.10. The van der Waals surface area contributed by atoms with Gasteiger partial charge in [-0.1, -0.05) is 42.5 Å². The molecular weight excluding hydrogens is 236 g/mol. The van der Waals surface area contributed by atoms with E-state index in [0.29, 0.717) is 0 Å². The van der Waals surface area contributed by atoms with Gasteiger partial charge in [0.05, 0.1) is 19.0 Å². The Hall–Kier alpha value is -2.55. The summed E-state index contributed by atoms with van der Waals surface area (Å²) >= 11 is 0. The average Bonchev–Trinajstić information content (AvgIpc) is 2.97. The van der Waals surface area contributed by atoms with Gasteiger partial charge in [0.2, 0.25) is 0 Å². The van der Waals surface area contributed by atoms with Gasteiger partial charge in [-0.25, -0.2) is 4.68 Å². The third-order valence-corrected chi connectivity index (χ3v) is 3.03. The highest BCUT2D eigenvalue weighted by molar-refractivity contribution is 5.63. The molecule has 0 aliphatic carbocycles. The largest absolute Gasteiger partial charge is 0.494 e. The highest BCUT2D eigenvalue weighted by Crippen LogP contribution is 2.27. The molecule has 0 bridgehead atoms. The lowest BCUT2D eigenvalue weighted by molar-refractivity contribution is 0.412. The minimum Gasteiger partial charge on any atom is -0.494 e. The number of aromatic nitrogens is 2. The molecule has 2 aromatic carbocycles. The molecule has 0 fully saturated rings.